The first-order valence-corrected chi connectivity index (χ1v) is 16.7. The van der Waals surface area contributed by atoms with Crippen molar-refractivity contribution in [3.63, 3.8) is 0 Å². The van der Waals surface area contributed by atoms with Crippen LogP contribution in [-0.2, 0) is 0 Å². The topological polar surface area (TPSA) is 68.8 Å². The van der Waals surface area contributed by atoms with Gasteiger partial charge in [0.1, 0.15) is 17.3 Å². The Labute approximate surface area is 289 Å². The molecule has 5 nitrogen and oxygen atoms in total. The van der Waals surface area contributed by atoms with Crippen LogP contribution in [0.3, 0.4) is 0 Å². The summed E-state index contributed by atoms with van der Waals surface area (Å²) in [5.41, 5.74) is 16.9. The van der Waals surface area contributed by atoms with Gasteiger partial charge in [-0.15, -0.1) is 0 Å². The number of para-hydroxylation sites is 2. The maximum atomic E-state index is 6.79. The molecule has 50 heavy (non-hydrogen) atoms. The zero-order chi connectivity index (χ0) is 33.4. The molecule has 0 spiro atoms. The Morgan fingerprint density at radius 3 is 2.00 bits per heavy atom. The molecule has 0 radical (unpaired) electrons. The first-order chi connectivity index (χ1) is 24.7. The van der Waals surface area contributed by atoms with Gasteiger partial charge in [-0.05, 0) is 52.6 Å². The number of hydrogen-bond donors (Lipinski definition) is 1. The fourth-order valence-corrected chi connectivity index (χ4v) is 6.79. The second kappa shape index (κ2) is 12.5. The lowest BCUT2D eigenvalue weighted by atomic mass is 10.0. The van der Waals surface area contributed by atoms with E-state index in [-0.39, 0.29) is 0 Å². The molecule has 9 aromatic rings. The molecule has 9 rings (SSSR count). The highest BCUT2D eigenvalue weighted by atomic mass is 16.3. The van der Waals surface area contributed by atoms with Gasteiger partial charge < -0.3 is 14.7 Å². The highest BCUT2D eigenvalue weighted by molar-refractivity contribution is 6.17. The zero-order valence-corrected chi connectivity index (χ0v) is 27.1. The van der Waals surface area contributed by atoms with Crippen LogP contribution in [0.1, 0.15) is 22.9 Å². The van der Waals surface area contributed by atoms with Gasteiger partial charge in [0.25, 0.3) is 0 Å². The lowest BCUT2D eigenvalue weighted by molar-refractivity contribution is 0.669. The number of aliphatic imine (C=N–C) groups is 2. The molecule has 0 saturated heterocycles. The molecule has 0 fully saturated rings. The van der Waals surface area contributed by atoms with Crippen molar-refractivity contribution in [2.75, 3.05) is 0 Å². The number of rotatable bonds is 6. The largest absolute Gasteiger partial charge is 0.456 e. The van der Waals surface area contributed by atoms with Crippen molar-refractivity contribution in [1.29, 1.82) is 0 Å². The number of hydrogen-bond acceptors (Lipinski definition) is 3. The monoisotopic (exact) mass is 644 g/mol. The van der Waals surface area contributed by atoms with Crippen LogP contribution >= 0.6 is 0 Å². The molecule has 0 bridgehead atoms. The highest BCUT2D eigenvalue weighted by Gasteiger charge is 2.17. The van der Waals surface area contributed by atoms with Crippen molar-refractivity contribution in [2.45, 2.75) is 6.17 Å². The van der Waals surface area contributed by atoms with E-state index in [9.17, 15) is 0 Å². The average molecular weight is 645 g/mol. The fraction of sp³-hybridized carbons (Fsp3) is 0.0222. The summed E-state index contributed by atoms with van der Waals surface area (Å²) in [6.07, 6.45) is 1.22. The van der Waals surface area contributed by atoms with Gasteiger partial charge in [-0.3, -0.25) is 0 Å². The summed E-state index contributed by atoms with van der Waals surface area (Å²) in [5.74, 6) is 0.572. The maximum absolute atomic E-state index is 6.79. The van der Waals surface area contributed by atoms with Crippen molar-refractivity contribution in [2.24, 2.45) is 15.7 Å². The number of nitrogens with zero attached hydrogens (tertiary/aromatic N) is 3. The van der Waals surface area contributed by atoms with Crippen LogP contribution in [0.4, 0.5) is 0 Å². The number of nitrogens with two attached hydrogens (primary N) is 1. The number of furan rings is 1. The minimum atomic E-state index is -0.617. The third kappa shape index (κ3) is 5.36. The van der Waals surface area contributed by atoms with Gasteiger partial charge in [0.2, 0.25) is 0 Å². The summed E-state index contributed by atoms with van der Waals surface area (Å²) >= 11 is 0. The van der Waals surface area contributed by atoms with E-state index in [2.05, 4.69) is 114 Å². The molecule has 2 N–H and O–H groups in total. The molecular weight excluding hydrogens is 613 g/mol. The van der Waals surface area contributed by atoms with Crippen LogP contribution in [0.15, 0.2) is 184 Å². The predicted octanol–water partition coefficient (Wildman–Crippen LogP) is 10.9. The van der Waals surface area contributed by atoms with Crippen molar-refractivity contribution >= 4 is 55.8 Å². The van der Waals surface area contributed by atoms with Gasteiger partial charge in [0.05, 0.1) is 11.0 Å². The maximum Gasteiger partial charge on any atom is 0.156 e. The van der Waals surface area contributed by atoms with E-state index in [0.29, 0.717) is 5.84 Å². The predicted molar refractivity (Wildman–Crippen MR) is 207 cm³/mol. The second-order valence-electron chi connectivity index (χ2n) is 12.4. The van der Waals surface area contributed by atoms with E-state index in [1.54, 1.807) is 0 Å². The van der Waals surface area contributed by atoms with Crippen molar-refractivity contribution in [3.05, 3.63) is 187 Å². The van der Waals surface area contributed by atoms with Gasteiger partial charge in [0.15, 0.2) is 5.84 Å². The van der Waals surface area contributed by atoms with E-state index >= 15 is 0 Å². The van der Waals surface area contributed by atoms with Gasteiger partial charge >= 0.3 is 0 Å². The Balaban J connectivity index is 1.09. The molecule has 5 heteroatoms. The minimum Gasteiger partial charge on any atom is -0.456 e. The van der Waals surface area contributed by atoms with Crippen molar-refractivity contribution in [1.82, 2.24) is 4.57 Å². The molecule has 1 unspecified atom stereocenters. The van der Waals surface area contributed by atoms with Gasteiger partial charge in [-0.25, -0.2) is 9.98 Å². The Morgan fingerprint density at radius 1 is 0.560 bits per heavy atom. The molecule has 0 aliphatic heterocycles. The third-order valence-electron chi connectivity index (χ3n) is 9.31. The Kier molecular flexibility index (Phi) is 7.38. The van der Waals surface area contributed by atoms with E-state index in [4.69, 9.17) is 20.1 Å². The molecular formula is C45H32N4O. The Morgan fingerprint density at radius 2 is 1.22 bits per heavy atom. The van der Waals surface area contributed by atoms with Crippen LogP contribution in [0.25, 0.3) is 60.6 Å². The standard InChI is InChI=1S/C45H32N4O/c46-44(48-45(47-29-30-11-3-1-4-12-30)34-21-19-32(20-22-34)31-13-5-2-6-14-31)33-23-25-35(26-24-33)49-40-17-9-7-15-36(40)38-27-39-37-16-8-10-18-42(37)50-43(39)28-41(38)49/h1-29,44H,46H2. The van der Waals surface area contributed by atoms with Crippen LogP contribution in [-0.4, -0.2) is 16.6 Å². The first kappa shape index (κ1) is 29.6. The number of aromatic nitrogens is 1. The second-order valence-corrected chi connectivity index (χ2v) is 12.4. The molecule has 0 saturated carbocycles. The van der Waals surface area contributed by atoms with Crippen LogP contribution in [0.2, 0.25) is 0 Å². The summed E-state index contributed by atoms with van der Waals surface area (Å²) < 4.78 is 8.58. The number of fused-ring (bicyclic) bond motifs is 6. The van der Waals surface area contributed by atoms with Gasteiger partial charge in [0, 0.05) is 45.1 Å². The van der Waals surface area contributed by atoms with Crippen molar-refractivity contribution < 1.29 is 4.42 Å². The Hall–Kier alpha value is -6.56. The zero-order valence-electron chi connectivity index (χ0n) is 27.1. The van der Waals surface area contributed by atoms with Gasteiger partial charge in [-0.1, -0.05) is 133 Å². The van der Waals surface area contributed by atoms with Crippen LogP contribution < -0.4 is 5.73 Å². The third-order valence-corrected chi connectivity index (χ3v) is 9.31. The molecule has 2 heterocycles. The van der Waals surface area contributed by atoms with E-state index < -0.39 is 6.17 Å². The first-order valence-electron chi connectivity index (χ1n) is 16.7. The molecule has 238 valence electrons. The lowest BCUT2D eigenvalue weighted by Crippen LogP contribution is -2.11. The fourth-order valence-electron chi connectivity index (χ4n) is 6.79. The smallest absolute Gasteiger partial charge is 0.156 e. The van der Waals surface area contributed by atoms with Crippen LogP contribution in [0.5, 0.6) is 0 Å². The molecule has 7 aromatic carbocycles. The summed E-state index contributed by atoms with van der Waals surface area (Å²) in [5, 5.41) is 4.62. The van der Waals surface area contributed by atoms with Gasteiger partial charge in [-0.2, -0.15) is 0 Å². The molecule has 1 atom stereocenters. The summed E-state index contributed by atoms with van der Waals surface area (Å²) in [6, 6.07) is 58.2. The van der Waals surface area contributed by atoms with E-state index in [1.165, 1.54) is 10.8 Å². The molecule has 0 amide bonds. The Bertz CT molecular complexity index is 2690. The van der Waals surface area contributed by atoms with Crippen molar-refractivity contribution in [3.8, 4) is 16.8 Å². The van der Waals surface area contributed by atoms with E-state index in [1.807, 2.05) is 66.9 Å². The minimum absolute atomic E-state index is 0.572. The summed E-state index contributed by atoms with van der Waals surface area (Å²) in [4.78, 5) is 9.79. The van der Waals surface area contributed by atoms with Crippen LogP contribution in [0, 0.1) is 0 Å². The molecule has 0 aliphatic carbocycles. The molecule has 2 aromatic heterocycles. The highest BCUT2D eigenvalue weighted by Crippen LogP contribution is 2.38. The number of amidine groups is 1. The summed E-state index contributed by atoms with van der Waals surface area (Å²) in [6.45, 7) is 0. The average Bonchev–Trinajstić information content (AvgIpc) is 3.71. The lowest BCUT2D eigenvalue weighted by Gasteiger charge is -2.12. The summed E-state index contributed by atoms with van der Waals surface area (Å²) in [7, 11) is 0. The number of benzene rings is 7. The quantitative estimate of drug-likeness (QED) is 0.145. The van der Waals surface area contributed by atoms with E-state index in [0.717, 1.165) is 66.5 Å². The normalized spacial score (nSPS) is 12.9. The SMILES string of the molecule is NC(N=C(N=Cc1ccccc1)c1ccc(-c2ccccc2)cc1)c1ccc(-n2c3ccccc3c3cc4c(cc32)oc2ccccc24)cc1. The molecule has 0 aliphatic rings.